The van der Waals surface area contributed by atoms with Crippen LogP contribution in [-0.2, 0) is 0 Å². The molecule has 3 aromatic carbocycles. The largest absolute Gasteiger partial charge is 0.454 e. The van der Waals surface area contributed by atoms with Crippen LogP contribution < -0.4 is 0 Å². The molecule has 0 fully saturated rings. The van der Waals surface area contributed by atoms with Gasteiger partial charge in [-0.2, -0.15) is 0 Å². The topological polar surface area (TPSA) is 52.2 Å². The van der Waals surface area contributed by atoms with Crippen LogP contribution >= 0.6 is 16.1 Å². The summed E-state index contributed by atoms with van der Waals surface area (Å²) in [6.07, 6.45) is 1.63. The van der Waals surface area contributed by atoms with E-state index in [-0.39, 0.29) is 17.1 Å². The Morgan fingerprint density at radius 3 is 2.00 bits per heavy atom. The Bertz CT molecular complexity index is 1510. The van der Waals surface area contributed by atoms with Gasteiger partial charge in [0.2, 0.25) is 0 Å². The number of hydrogen-bond donors (Lipinski definition) is 0. The maximum absolute atomic E-state index is 13.0. The van der Waals surface area contributed by atoms with Crippen LogP contribution in [0, 0.1) is 0 Å². The fourth-order valence-corrected chi connectivity index (χ4v) is 4.60. The molecule has 0 bridgehead atoms. The Hall–Kier alpha value is -3.70. The lowest BCUT2D eigenvalue weighted by atomic mass is 10.0. The SMILES string of the molecule is O=C1C(=Cc2cc3oc(-c4ccccc4)cc3n2Br)C(=O)c2cc3ccccc3cc21. The second-order valence-electron chi connectivity index (χ2n) is 7.54. The minimum absolute atomic E-state index is 0.162. The first-order valence-corrected chi connectivity index (χ1v) is 10.5. The summed E-state index contributed by atoms with van der Waals surface area (Å²) in [7, 11) is 0. The summed E-state index contributed by atoms with van der Waals surface area (Å²) in [5.41, 5.74) is 4.22. The molecule has 4 nitrogen and oxygen atoms in total. The number of fused-ring (bicyclic) bond motifs is 3. The molecule has 0 saturated carbocycles. The average Bonchev–Trinajstić information content (AvgIpc) is 3.41. The van der Waals surface area contributed by atoms with Crippen LogP contribution in [0.2, 0.25) is 0 Å². The van der Waals surface area contributed by atoms with E-state index in [0.717, 1.165) is 27.6 Å². The van der Waals surface area contributed by atoms with Gasteiger partial charge in [-0.1, -0.05) is 54.6 Å². The van der Waals surface area contributed by atoms with Crippen molar-refractivity contribution in [1.29, 1.82) is 0 Å². The second-order valence-corrected chi connectivity index (χ2v) is 8.25. The van der Waals surface area contributed by atoms with Crippen molar-refractivity contribution < 1.29 is 14.0 Å². The molecule has 0 unspecified atom stereocenters. The Balaban J connectivity index is 1.43. The molecule has 0 radical (unpaired) electrons. The van der Waals surface area contributed by atoms with Crippen LogP contribution in [0.4, 0.5) is 0 Å². The van der Waals surface area contributed by atoms with Gasteiger partial charge in [-0.3, -0.25) is 13.2 Å². The highest BCUT2D eigenvalue weighted by molar-refractivity contribution is 9.08. The van der Waals surface area contributed by atoms with Crippen LogP contribution in [0.25, 0.3) is 39.3 Å². The second kappa shape index (κ2) is 6.65. The highest BCUT2D eigenvalue weighted by Gasteiger charge is 2.33. The van der Waals surface area contributed by atoms with E-state index in [1.807, 2.05) is 66.7 Å². The number of Topliss-reactive ketones (excluding diaryl/α,β-unsaturated/α-hetero) is 2. The van der Waals surface area contributed by atoms with Crippen LogP contribution in [0.15, 0.2) is 88.9 Å². The number of nitrogens with zero attached hydrogens (tertiary/aromatic N) is 1. The van der Waals surface area contributed by atoms with E-state index in [4.69, 9.17) is 4.42 Å². The van der Waals surface area contributed by atoms with Crippen LogP contribution in [-0.4, -0.2) is 15.2 Å². The van der Waals surface area contributed by atoms with E-state index in [9.17, 15) is 9.59 Å². The van der Waals surface area contributed by atoms with Gasteiger partial charge in [-0.15, -0.1) is 0 Å². The number of rotatable bonds is 2. The minimum Gasteiger partial charge on any atom is -0.454 e. The Labute approximate surface area is 185 Å². The monoisotopic (exact) mass is 467 g/mol. The third kappa shape index (κ3) is 2.74. The van der Waals surface area contributed by atoms with E-state index >= 15 is 0 Å². The maximum atomic E-state index is 13.0. The summed E-state index contributed by atoms with van der Waals surface area (Å²) >= 11 is 3.55. The van der Waals surface area contributed by atoms with E-state index in [1.54, 1.807) is 21.8 Å². The summed E-state index contributed by atoms with van der Waals surface area (Å²) in [6.45, 7) is 0. The molecule has 0 aliphatic heterocycles. The molecule has 148 valence electrons. The molecule has 1 aliphatic rings. The van der Waals surface area contributed by atoms with Gasteiger partial charge in [0.1, 0.15) is 5.76 Å². The molecule has 5 aromatic rings. The first-order valence-electron chi connectivity index (χ1n) is 9.81. The van der Waals surface area contributed by atoms with Gasteiger partial charge in [0, 0.05) is 28.8 Å². The van der Waals surface area contributed by atoms with Crippen molar-refractivity contribution in [2.45, 2.75) is 0 Å². The number of aromatic nitrogens is 1. The highest BCUT2D eigenvalue weighted by Crippen LogP contribution is 2.35. The quantitative estimate of drug-likeness (QED) is 0.215. The Kier molecular flexibility index (Phi) is 3.88. The van der Waals surface area contributed by atoms with Gasteiger partial charge in [-0.25, -0.2) is 0 Å². The molecule has 2 aromatic heterocycles. The molecule has 0 N–H and O–H groups in total. The molecule has 5 heteroatoms. The van der Waals surface area contributed by atoms with Crippen LogP contribution in [0.5, 0.6) is 0 Å². The zero-order chi connectivity index (χ0) is 21.1. The number of halogens is 1. The van der Waals surface area contributed by atoms with Crippen molar-refractivity contribution in [2.75, 3.05) is 0 Å². The van der Waals surface area contributed by atoms with E-state index in [1.165, 1.54) is 0 Å². The standard InChI is InChI=1S/C26H14BrNO3/c27-28-18(13-24-22(28)14-23(31-24)15-6-2-1-3-7-15)12-21-25(29)19-10-16-8-4-5-9-17(16)11-20(19)26(21)30/h1-14H. The normalized spacial score (nSPS) is 13.4. The van der Waals surface area contributed by atoms with Crippen LogP contribution in [0.1, 0.15) is 26.4 Å². The molecule has 6 rings (SSSR count). The van der Waals surface area contributed by atoms with Gasteiger partial charge >= 0.3 is 0 Å². The smallest absolute Gasteiger partial charge is 0.197 e. The first-order chi connectivity index (χ1) is 15.1. The minimum atomic E-state index is -0.249. The molecule has 0 spiro atoms. The third-order valence-electron chi connectivity index (χ3n) is 5.67. The number of carbonyl (C=O) groups is 2. The summed E-state index contributed by atoms with van der Waals surface area (Å²) in [6, 6.07) is 24.9. The van der Waals surface area contributed by atoms with E-state index in [0.29, 0.717) is 22.4 Å². The number of allylic oxidation sites excluding steroid dienone is 1. The van der Waals surface area contributed by atoms with Gasteiger partial charge in [0.15, 0.2) is 17.1 Å². The maximum Gasteiger partial charge on any atom is 0.197 e. The summed E-state index contributed by atoms with van der Waals surface area (Å²) in [4.78, 5) is 26.0. The van der Waals surface area contributed by atoms with Gasteiger partial charge < -0.3 is 4.42 Å². The predicted octanol–water partition coefficient (Wildman–Crippen LogP) is 6.68. The first kappa shape index (κ1) is 18.1. The van der Waals surface area contributed by atoms with Crippen molar-refractivity contribution in [3.63, 3.8) is 0 Å². The molecule has 2 heterocycles. The van der Waals surface area contributed by atoms with Crippen molar-refractivity contribution in [2.24, 2.45) is 0 Å². The fourth-order valence-electron chi connectivity index (χ4n) is 4.11. The van der Waals surface area contributed by atoms with E-state index in [2.05, 4.69) is 16.1 Å². The summed E-state index contributed by atoms with van der Waals surface area (Å²) in [5.74, 6) is 0.257. The molecular formula is C26H14BrNO3. The highest BCUT2D eigenvalue weighted by atomic mass is 79.9. The number of benzene rings is 3. The average molecular weight is 468 g/mol. The number of ketones is 2. The lowest BCUT2D eigenvalue weighted by molar-refractivity contribution is 0.0990. The predicted molar refractivity (Wildman–Crippen MR) is 125 cm³/mol. The molecular weight excluding hydrogens is 454 g/mol. The van der Waals surface area contributed by atoms with Crippen LogP contribution in [0.3, 0.4) is 0 Å². The summed E-state index contributed by atoms with van der Waals surface area (Å²) in [5, 5.41) is 1.89. The van der Waals surface area contributed by atoms with Gasteiger partial charge in [-0.05, 0) is 29.0 Å². The lowest BCUT2D eigenvalue weighted by Gasteiger charge is -2.00. The fraction of sp³-hybridized carbons (Fsp3) is 0. The number of hydrogen-bond acceptors (Lipinski definition) is 3. The van der Waals surface area contributed by atoms with Crippen molar-refractivity contribution in [1.82, 2.24) is 3.59 Å². The molecule has 31 heavy (non-hydrogen) atoms. The Morgan fingerprint density at radius 1 is 0.774 bits per heavy atom. The third-order valence-corrected chi connectivity index (χ3v) is 6.46. The molecule has 0 saturated heterocycles. The zero-order valence-corrected chi connectivity index (χ0v) is 17.7. The molecule has 1 aliphatic carbocycles. The zero-order valence-electron chi connectivity index (χ0n) is 16.1. The molecule has 0 atom stereocenters. The van der Waals surface area contributed by atoms with Gasteiger partial charge in [0.05, 0.1) is 32.9 Å². The molecule has 0 amide bonds. The number of carbonyl (C=O) groups excluding carboxylic acids is 2. The number of furan rings is 1. The Morgan fingerprint density at radius 2 is 1.39 bits per heavy atom. The summed E-state index contributed by atoms with van der Waals surface area (Å²) < 4.78 is 7.75. The van der Waals surface area contributed by atoms with Crippen molar-refractivity contribution >= 4 is 55.7 Å². The van der Waals surface area contributed by atoms with Crippen molar-refractivity contribution in [3.8, 4) is 11.3 Å². The van der Waals surface area contributed by atoms with Crippen molar-refractivity contribution in [3.05, 3.63) is 101 Å². The van der Waals surface area contributed by atoms with E-state index < -0.39 is 0 Å². The lowest BCUT2D eigenvalue weighted by Crippen LogP contribution is -2.00. The van der Waals surface area contributed by atoms with Gasteiger partial charge in [0.25, 0.3) is 0 Å².